The van der Waals surface area contributed by atoms with Crippen LogP contribution in [0.2, 0.25) is 0 Å². The second kappa shape index (κ2) is 8.61. The number of aliphatic hydroxyl groups is 3. The zero-order chi connectivity index (χ0) is 22.6. The molecule has 4 saturated carbocycles. The first-order valence-electron chi connectivity index (χ1n) is 12.8. The normalized spacial score (nSPS) is 50.3. The maximum atomic E-state index is 11.6. The Labute approximate surface area is 187 Å². The second-order valence-corrected chi connectivity index (χ2v) is 12.1. The molecule has 5 heteroatoms. The Morgan fingerprint density at radius 3 is 2.45 bits per heavy atom. The lowest BCUT2D eigenvalue weighted by atomic mass is 9.43. The first-order valence-corrected chi connectivity index (χ1v) is 12.8. The summed E-state index contributed by atoms with van der Waals surface area (Å²) in [4.78, 5) is 10.8. The van der Waals surface area contributed by atoms with E-state index >= 15 is 0 Å². The molecular weight excluding hydrogens is 392 g/mol. The van der Waals surface area contributed by atoms with Crippen molar-refractivity contribution >= 4 is 5.97 Å². The van der Waals surface area contributed by atoms with Gasteiger partial charge in [0.1, 0.15) is 0 Å². The fourth-order valence-corrected chi connectivity index (χ4v) is 9.08. The highest BCUT2D eigenvalue weighted by Crippen LogP contribution is 2.68. The van der Waals surface area contributed by atoms with Gasteiger partial charge in [0.15, 0.2) is 0 Å². The van der Waals surface area contributed by atoms with E-state index in [1.54, 1.807) is 0 Å². The van der Waals surface area contributed by atoms with Crippen LogP contribution in [0, 0.1) is 46.3 Å². The number of carbonyl (C=O) groups is 1. The lowest BCUT2D eigenvalue weighted by Gasteiger charge is -2.63. The van der Waals surface area contributed by atoms with Crippen LogP contribution in [-0.4, -0.2) is 44.7 Å². The Hall–Kier alpha value is -0.650. The van der Waals surface area contributed by atoms with Crippen molar-refractivity contribution in [1.82, 2.24) is 0 Å². The lowest BCUT2D eigenvalue weighted by Crippen LogP contribution is -2.62. The topological polar surface area (TPSA) is 98.0 Å². The highest BCUT2D eigenvalue weighted by atomic mass is 16.4. The second-order valence-electron chi connectivity index (χ2n) is 12.1. The number of hydrogen-bond acceptors (Lipinski definition) is 4. The minimum atomic E-state index is -0.720. The quantitative estimate of drug-likeness (QED) is 0.467. The van der Waals surface area contributed by atoms with Gasteiger partial charge in [0.05, 0.1) is 18.3 Å². The lowest BCUT2D eigenvalue weighted by molar-refractivity contribution is -0.207. The summed E-state index contributed by atoms with van der Waals surface area (Å²) in [5, 5.41) is 42.0. The van der Waals surface area contributed by atoms with Gasteiger partial charge in [0.25, 0.3) is 0 Å². The summed E-state index contributed by atoms with van der Waals surface area (Å²) in [7, 11) is 0. The molecule has 0 heterocycles. The van der Waals surface area contributed by atoms with Gasteiger partial charge in [-0.15, -0.1) is 0 Å². The van der Waals surface area contributed by atoms with Gasteiger partial charge in [-0.3, -0.25) is 4.79 Å². The zero-order valence-electron chi connectivity index (χ0n) is 19.7. The van der Waals surface area contributed by atoms with Crippen LogP contribution >= 0.6 is 0 Å². The molecule has 178 valence electrons. The molecule has 31 heavy (non-hydrogen) atoms. The van der Waals surface area contributed by atoms with E-state index < -0.39 is 5.97 Å². The van der Waals surface area contributed by atoms with Crippen LogP contribution in [0.25, 0.3) is 0 Å². The van der Waals surface area contributed by atoms with Crippen LogP contribution in [0.15, 0.2) is 0 Å². The zero-order valence-corrected chi connectivity index (χ0v) is 19.7. The highest BCUT2D eigenvalue weighted by Gasteiger charge is 2.65. The molecule has 1 unspecified atom stereocenters. The van der Waals surface area contributed by atoms with Gasteiger partial charge in [0, 0.05) is 6.42 Å². The molecule has 4 aliphatic rings. The van der Waals surface area contributed by atoms with Crippen LogP contribution in [0.3, 0.4) is 0 Å². The predicted molar refractivity (Wildman–Crippen MR) is 119 cm³/mol. The summed E-state index contributed by atoms with van der Waals surface area (Å²) in [6, 6.07) is 0. The Kier molecular flexibility index (Phi) is 6.53. The van der Waals surface area contributed by atoms with E-state index in [0.717, 1.165) is 64.2 Å². The Balaban J connectivity index is 1.52. The third-order valence-electron chi connectivity index (χ3n) is 10.8. The smallest absolute Gasteiger partial charge is 0.303 e. The Morgan fingerprint density at radius 1 is 1.00 bits per heavy atom. The summed E-state index contributed by atoms with van der Waals surface area (Å²) in [5.41, 5.74) is -0.0439. The van der Waals surface area contributed by atoms with Crippen molar-refractivity contribution in [2.24, 2.45) is 46.3 Å². The van der Waals surface area contributed by atoms with Crippen LogP contribution in [0.1, 0.15) is 91.4 Å². The third-order valence-corrected chi connectivity index (χ3v) is 10.8. The predicted octanol–water partition coefficient (Wildman–Crippen LogP) is 4.23. The van der Waals surface area contributed by atoms with Crippen molar-refractivity contribution in [3.63, 3.8) is 0 Å². The van der Waals surface area contributed by atoms with Gasteiger partial charge in [-0.1, -0.05) is 33.6 Å². The van der Waals surface area contributed by atoms with Gasteiger partial charge in [0.2, 0.25) is 0 Å². The molecule has 4 aliphatic carbocycles. The maximum absolute atomic E-state index is 11.6. The molecule has 0 aromatic carbocycles. The Bertz CT molecular complexity index is 666. The molecule has 0 saturated heterocycles. The number of hydrogen-bond donors (Lipinski definition) is 4. The van der Waals surface area contributed by atoms with Crippen LogP contribution in [-0.2, 0) is 4.79 Å². The number of fused-ring (bicyclic) bond motifs is 5. The molecule has 0 amide bonds. The molecule has 4 fully saturated rings. The molecule has 0 radical (unpaired) electrons. The summed E-state index contributed by atoms with van der Waals surface area (Å²) >= 11 is 0. The largest absolute Gasteiger partial charge is 0.481 e. The average Bonchev–Trinajstić information content (AvgIpc) is 3.06. The number of unbranched alkanes of at least 4 members (excludes halogenated alkanes) is 1. The monoisotopic (exact) mass is 436 g/mol. The highest BCUT2D eigenvalue weighted by molar-refractivity contribution is 5.66. The van der Waals surface area contributed by atoms with Gasteiger partial charge < -0.3 is 20.4 Å². The van der Waals surface area contributed by atoms with Crippen LogP contribution in [0.4, 0.5) is 0 Å². The van der Waals surface area contributed by atoms with Crippen LogP contribution in [0.5, 0.6) is 0 Å². The van der Waals surface area contributed by atoms with Crippen molar-refractivity contribution in [3.8, 4) is 0 Å². The van der Waals surface area contributed by atoms with E-state index in [0.29, 0.717) is 29.6 Å². The number of aliphatic hydroxyl groups excluding tert-OH is 3. The van der Waals surface area contributed by atoms with Crippen molar-refractivity contribution in [3.05, 3.63) is 0 Å². The number of aliphatic carboxylic acids is 1. The fourth-order valence-electron chi connectivity index (χ4n) is 9.08. The number of carboxylic acids is 1. The summed E-state index contributed by atoms with van der Waals surface area (Å²) in [6.07, 6.45) is 8.42. The average molecular weight is 437 g/mol. The SMILES string of the molecule is C[C@H](CCCCC(=O)O)[C@H]1CC[C@H]2[C@@H]3[C@H](O)CC4C[C@H](O)CC[C@]4(C)[C@H]3C[C@H](O)[C@]12C. The maximum Gasteiger partial charge on any atom is 0.303 e. The van der Waals surface area contributed by atoms with Gasteiger partial charge in [-0.2, -0.15) is 0 Å². The molecule has 0 spiro atoms. The van der Waals surface area contributed by atoms with Crippen LogP contribution < -0.4 is 0 Å². The summed E-state index contributed by atoms with van der Waals surface area (Å²) in [5.74, 6) is 1.48. The molecule has 4 rings (SSSR count). The minimum Gasteiger partial charge on any atom is -0.481 e. The number of rotatable bonds is 6. The van der Waals surface area contributed by atoms with E-state index in [9.17, 15) is 20.1 Å². The van der Waals surface area contributed by atoms with Gasteiger partial charge in [-0.25, -0.2) is 0 Å². The Morgan fingerprint density at radius 2 is 1.74 bits per heavy atom. The fraction of sp³-hybridized carbons (Fsp3) is 0.962. The first-order chi connectivity index (χ1) is 14.6. The first kappa shape index (κ1) is 23.5. The number of carboxylic acid groups (broad SMARTS) is 1. The standard InChI is InChI=1S/C26H44O5/c1-15(6-4-5-7-23(30)31)18-8-9-19-24-20(14-22(29)26(18,19)3)25(2)11-10-17(27)12-16(25)13-21(24)28/h15-22,24,27-29H,4-14H2,1-3H3,(H,30,31)/t15-,16?,17-,18-,19+,20+,21-,22+,24+,25+,26-/m1/s1. The van der Waals surface area contributed by atoms with E-state index in [1.807, 2.05) is 0 Å². The molecular formula is C26H44O5. The van der Waals surface area contributed by atoms with E-state index in [-0.39, 0.29) is 41.5 Å². The van der Waals surface area contributed by atoms with Crippen molar-refractivity contribution < 1.29 is 25.2 Å². The molecule has 0 aliphatic heterocycles. The van der Waals surface area contributed by atoms with E-state index in [4.69, 9.17) is 5.11 Å². The molecule has 0 bridgehead atoms. The van der Waals surface area contributed by atoms with Crippen molar-refractivity contribution in [2.45, 2.75) is 110 Å². The summed E-state index contributed by atoms with van der Waals surface area (Å²) in [6.45, 7) is 6.95. The molecule has 0 aromatic rings. The third kappa shape index (κ3) is 3.87. The van der Waals surface area contributed by atoms with Gasteiger partial charge >= 0.3 is 5.97 Å². The van der Waals surface area contributed by atoms with E-state index in [2.05, 4.69) is 20.8 Å². The molecule has 4 N–H and O–H groups in total. The van der Waals surface area contributed by atoms with Crippen molar-refractivity contribution in [1.29, 1.82) is 0 Å². The minimum absolute atomic E-state index is 0.117. The summed E-state index contributed by atoms with van der Waals surface area (Å²) < 4.78 is 0. The van der Waals surface area contributed by atoms with E-state index in [1.165, 1.54) is 0 Å². The molecule has 5 nitrogen and oxygen atoms in total. The molecule has 11 atom stereocenters. The van der Waals surface area contributed by atoms with Crippen molar-refractivity contribution in [2.75, 3.05) is 0 Å². The van der Waals surface area contributed by atoms with Gasteiger partial charge in [-0.05, 0) is 97.7 Å². The molecule has 0 aromatic heterocycles.